The first kappa shape index (κ1) is 22.0. The number of nitriles is 4. The Morgan fingerprint density at radius 3 is 0.875 bits per heavy atom. The van der Waals surface area contributed by atoms with Crippen LogP contribution < -0.4 is 10.4 Å². The van der Waals surface area contributed by atoms with Gasteiger partial charge in [0.1, 0.15) is 58.7 Å². The lowest BCUT2D eigenvalue weighted by Gasteiger charge is -2.13. The molecule has 0 amide bonds. The van der Waals surface area contributed by atoms with Crippen molar-refractivity contribution >= 4 is 32.7 Å². The maximum atomic E-state index is 15.0. The van der Waals surface area contributed by atoms with E-state index < -0.39 is 89.7 Å². The van der Waals surface area contributed by atoms with Crippen LogP contribution in [0.4, 0.5) is 35.1 Å². The lowest BCUT2D eigenvalue weighted by molar-refractivity contribution is 0.482. The molecule has 3 aromatic carbocycles. The van der Waals surface area contributed by atoms with Gasteiger partial charge in [-0.3, -0.25) is 0 Å². The van der Waals surface area contributed by atoms with Gasteiger partial charge in [0.05, 0.1) is 32.0 Å². The van der Waals surface area contributed by atoms with Crippen LogP contribution >= 0.6 is 0 Å². The molecule has 156 valence electrons. The van der Waals surface area contributed by atoms with Crippen molar-refractivity contribution in [1.82, 2.24) is 0 Å². The Bertz CT molecular complexity index is 1540. The minimum atomic E-state index is -2.37. The summed E-state index contributed by atoms with van der Waals surface area (Å²) in [4.78, 5) is 0. The summed E-state index contributed by atoms with van der Waals surface area (Å²) in [5.41, 5.74) is -2.78. The van der Waals surface area contributed by atoms with Gasteiger partial charge in [0.2, 0.25) is 0 Å². The molecule has 0 saturated heterocycles. The first-order chi connectivity index (χ1) is 15.1. The Morgan fingerprint density at radius 1 is 0.375 bits per heavy atom. The van der Waals surface area contributed by atoms with Gasteiger partial charge < -0.3 is 0 Å². The average molecular weight is 448 g/mol. The molecule has 0 fully saturated rings. The highest BCUT2D eigenvalue weighted by Gasteiger charge is 2.31. The molecule has 4 nitrogen and oxygen atoms in total. The van der Waals surface area contributed by atoms with Crippen LogP contribution in [0.3, 0.4) is 0 Å². The summed E-state index contributed by atoms with van der Waals surface area (Å²) in [6, 6.07) is 4.04. The molecular formula is C20F8N4. The molecule has 3 aromatic rings. The van der Waals surface area contributed by atoms with Crippen LogP contribution in [0.15, 0.2) is 0 Å². The molecule has 0 unspecified atom stereocenters. The SMILES string of the molecule is N#CC(C#N)=c1c(F)c(F)c2c(F)c3c(F)c(=C(C#N)C#N)c(F)c(F)c3c(F)c2c1F. The third-order valence-electron chi connectivity index (χ3n) is 4.47. The number of hydrogen-bond acceptors (Lipinski definition) is 4. The van der Waals surface area contributed by atoms with Crippen LogP contribution in [0.2, 0.25) is 0 Å². The molecule has 32 heavy (non-hydrogen) atoms. The molecule has 0 spiro atoms. The Balaban J connectivity index is 2.92. The fourth-order valence-corrected chi connectivity index (χ4v) is 3.11. The van der Waals surface area contributed by atoms with E-state index in [-0.39, 0.29) is 0 Å². The summed E-state index contributed by atoms with van der Waals surface area (Å²) >= 11 is 0. The summed E-state index contributed by atoms with van der Waals surface area (Å²) in [7, 11) is 0. The van der Waals surface area contributed by atoms with Gasteiger partial charge >= 0.3 is 0 Å². The van der Waals surface area contributed by atoms with E-state index in [4.69, 9.17) is 21.0 Å². The standard InChI is InChI=1S/C20F8N4/c21-13-7(5(1-29)2-30)17(25)19(27)11-9(13)15(23)12-10(16(11)24)14(22)8(6(3-31)4-32)18(26)20(12)28. The molecule has 12 heteroatoms. The van der Waals surface area contributed by atoms with Gasteiger partial charge in [-0.25, -0.2) is 35.1 Å². The molecule has 0 bridgehead atoms. The van der Waals surface area contributed by atoms with Crippen molar-refractivity contribution in [3.63, 3.8) is 0 Å². The Morgan fingerprint density at radius 2 is 0.625 bits per heavy atom. The molecule has 0 saturated carbocycles. The van der Waals surface area contributed by atoms with Crippen LogP contribution in [-0.4, -0.2) is 0 Å². The van der Waals surface area contributed by atoms with Gasteiger partial charge in [-0.05, 0) is 0 Å². The molecular weight excluding hydrogens is 448 g/mol. The second-order valence-electron chi connectivity index (χ2n) is 5.96. The number of halogens is 8. The number of fused-ring (bicyclic) bond motifs is 2. The van der Waals surface area contributed by atoms with Crippen molar-refractivity contribution in [1.29, 1.82) is 21.0 Å². The van der Waals surface area contributed by atoms with Crippen molar-refractivity contribution in [2.75, 3.05) is 0 Å². The second kappa shape index (κ2) is 7.54. The van der Waals surface area contributed by atoms with Crippen molar-refractivity contribution < 1.29 is 35.1 Å². The van der Waals surface area contributed by atoms with E-state index in [0.717, 1.165) is 24.3 Å². The number of hydrogen-bond donors (Lipinski definition) is 0. The summed E-state index contributed by atoms with van der Waals surface area (Å²) in [6.45, 7) is 0. The monoisotopic (exact) mass is 448 g/mol. The lowest BCUT2D eigenvalue weighted by atomic mass is 9.96. The maximum Gasteiger partial charge on any atom is 0.171 e. The molecule has 0 N–H and O–H groups in total. The average Bonchev–Trinajstić information content (AvgIpc) is 2.77. The number of nitrogens with zero attached hydrogens (tertiary/aromatic N) is 4. The molecule has 0 aliphatic rings. The second-order valence-corrected chi connectivity index (χ2v) is 5.96. The van der Waals surface area contributed by atoms with Gasteiger partial charge in [-0.15, -0.1) is 0 Å². The smallest absolute Gasteiger partial charge is 0.171 e. The maximum absolute atomic E-state index is 15.0. The largest absolute Gasteiger partial charge is 0.205 e. The zero-order valence-electron chi connectivity index (χ0n) is 14.8. The zero-order valence-corrected chi connectivity index (χ0v) is 14.8. The number of benzene rings is 3. The summed E-state index contributed by atoms with van der Waals surface area (Å²) in [6.07, 6.45) is 0. The van der Waals surface area contributed by atoms with E-state index in [9.17, 15) is 26.3 Å². The summed E-state index contributed by atoms with van der Waals surface area (Å²) in [5.74, 6) is -18.4. The molecule has 0 radical (unpaired) electrons. The Kier molecular flexibility index (Phi) is 5.18. The molecule has 0 aromatic heterocycles. The molecule has 3 rings (SSSR count). The highest BCUT2D eigenvalue weighted by Crippen LogP contribution is 2.36. The zero-order chi connectivity index (χ0) is 24.1. The third kappa shape index (κ3) is 2.64. The summed E-state index contributed by atoms with van der Waals surface area (Å²) in [5, 5.41) is 24.3. The van der Waals surface area contributed by atoms with Crippen molar-refractivity contribution in [3.05, 3.63) is 57.0 Å². The van der Waals surface area contributed by atoms with Crippen molar-refractivity contribution in [3.8, 4) is 24.3 Å². The Hall–Kier alpha value is -4.68. The minimum absolute atomic E-state index is 1.01. The third-order valence-corrected chi connectivity index (χ3v) is 4.47. The van der Waals surface area contributed by atoms with Gasteiger partial charge in [0, 0.05) is 0 Å². The van der Waals surface area contributed by atoms with Gasteiger partial charge in [0.25, 0.3) is 0 Å². The Labute approximate surface area is 170 Å². The molecule has 0 aliphatic heterocycles. The van der Waals surface area contributed by atoms with Crippen LogP contribution in [0.5, 0.6) is 0 Å². The first-order valence-electron chi connectivity index (χ1n) is 7.91. The predicted molar refractivity (Wildman–Crippen MR) is 89.6 cm³/mol. The normalized spacial score (nSPS) is 10.4. The molecule has 0 aliphatic carbocycles. The summed E-state index contributed by atoms with van der Waals surface area (Å²) < 4.78 is 117. The fourth-order valence-electron chi connectivity index (χ4n) is 3.11. The van der Waals surface area contributed by atoms with Gasteiger partial charge in [-0.2, -0.15) is 21.0 Å². The van der Waals surface area contributed by atoms with E-state index in [1.165, 1.54) is 0 Å². The van der Waals surface area contributed by atoms with E-state index >= 15 is 8.78 Å². The molecule has 0 heterocycles. The van der Waals surface area contributed by atoms with E-state index in [0.29, 0.717) is 0 Å². The topological polar surface area (TPSA) is 95.2 Å². The van der Waals surface area contributed by atoms with Crippen LogP contribution in [0.1, 0.15) is 0 Å². The lowest BCUT2D eigenvalue weighted by Crippen LogP contribution is -2.22. The highest BCUT2D eigenvalue weighted by atomic mass is 19.2. The van der Waals surface area contributed by atoms with E-state index in [2.05, 4.69) is 0 Å². The van der Waals surface area contributed by atoms with E-state index in [1.54, 1.807) is 0 Å². The minimum Gasteiger partial charge on any atom is -0.205 e. The van der Waals surface area contributed by atoms with Gasteiger partial charge in [0.15, 0.2) is 23.3 Å². The quantitative estimate of drug-likeness (QED) is 0.299. The molecule has 0 atom stereocenters. The highest BCUT2D eigenvalue weighted by molar-refractivity contribution is 6.02. The van der Waals surface area contributed by atoms with Gasteiger partial charge in [-0.1, -0.05) is 0 Å². The van der Waals surface area contributed by atoms with Crippen LogP contribution in [0.25, 0.3) is 32.7 Å². The van der Waals surface area contributed by atoms with Crippen molar-refractivity contribution in [2.45, 2.75) is 0 Å². The predicted octanol–water partition coefficient (Wildman–Crippen LogP) is 3.50. The van der Waals surface area contributed by atoms with Crippen LogP contribution in [-0.2, 0) is 0 Å². The van der Waals surface area contributed by atoms with Crippen LogP contribution in [0, 0.1) is 91.9 Å². The fraction of sp³-hybridized carbons (Fsp3) is 0. The van der Waals surface area contributed by atoms with Crippen molar-refractivity contribution in [2.24, 2.45) is 0 Å². The number of rotatable bonds is 0. The van der Waals surface area contributed by atoms with E-state index in [1.807, 2.05) is 0 Å². The first-order valence-corrected chi connectivity index (χ1v) is 7.91.